The Morgan fingerprint density at radius 3 is 2.63 bits per heavy atom. The summed E-state index contributed by atoms with van der Waals surface area (Å²) < 4.78 is 11.7. The largest absolute Gasteiger partial charge is 0.496 e. The lowest BCUT2D eigenvalue weighted by Gasteiger charge is -2.13. The number of allylic oxidation sites excluding steroid dienone is 1. The van der Waals surface area contributed by atoms with Crippen molar-refractivity contribution < 1.29 is 28.6 Å². The molecule has 1 aliphatic carbocycles. The molecular formula is C22H26N2O6. The highest BCUT2D eigenvalue weighted by atomic mass is 16.5. The minimum absolute atomic E-state index is 0.305. The Balaban J connectivity index is 1.84. The summed E-state index contributed by atoms with van der Waals surface area (Å²) in [6.07, 6.45) is 5.56. The molecule has 160 valence electrons. The Kier molecular flexibility index (Phi) is 6.44. The number of aryl methyl sites for hydroxylation is 3. The van der Waals surface area contributed by atoms with Crippen LogP contribution in [0.5, 0.6) is 5.75 Å². The van der Waals surface area contributed by atoms with Crippen LogP contribution in [0, 0.1) is 6.92 Å². The van der Waals surface area contributed by atoms with Gasteiger partial charge in [0, 0.05) is 34.6 Å². The smallest absolute Gasteiger partial charge is 0.322 e. The average molecular weight is 414 g/mol. The van der Waals surface area contributed by atoms with Crippen LogP contribution in [0.4, 0.5) is 0 Å². The first-order chi connectivity index (χ1) is 14.3. The maximum atomic E-state index is 12.3. The van der Waals surface area contributed by atoms with Gasteiger partial charge in [-0.1, -0.05) is 0 Å². The molecule has 3 rings (SSSR count). The number of amides is 2. The topological polar surface area (TPSA) is 118 Å². The van der Waals surface area contributed by atoms with E-state index in [0.717, 1.165) is 53.5 Å². The van der Waals surface area contributed by atoms with E-state index in [4.69, 9.17) is 14.3 Å². The van der Waals surface area contributed by atoms with Crippen LogP contribution in [0.3, 0.4) is 0 Å². The van der Waals surface area contributed by atoms with Crippen molar-refractivity contribution in [2.45, 2.75) is 39.5 Å². The molecule has 0 radical (unpaired) electrons. The monoisotopic (exact) mass is 414 g/mol. The molecule has 0 aliphatic heterocycles. The van der Waals surface area contributed by atoms with Crippen LogP contribution >= 0.6 is 0 Å². The van der Waals surface area contributed by atoms with Crippen molar-refractivity contribution in [2.24, 2.45) is 0 Å². The predicted octanol–water partition coefficient (Wildman–Crippen LogP) is 2.35. The van der Waals surface area contributed by atoms with Gasteiger partial charge in [0.1, 0.15) is 23.6 Å². The van der Waals surface area contributed by atoms with Crippen molar-refractivity contribution in [3.05, 3.63) is 34.6 Å². The van der Waals surface area contributed by atoms with Crippen LogP contribution in [0.1, 0.15) is 42.2 Å². The molecule has 0 saturated heterocycles. The number of benzene rings is 1. The Morgan fingerprint density at radius 2 is 1.93 bits per heavy atom. The van der Waals surface area contributed by atoms with Gasteiger partial charge in [0.2, 0.25) is 11.8 Å². The van der Waals surface area contributed by atoms with Crippen LogP contribution in [0.2, 0.25) is 0 Å². The van der Waals surface area contributed by atoms with Gasteiger partial charge in [-0.25, -0.2) is 0 Å². The second-order valence-corrected chi connectivity index (χ2v) is 7.39. The van der Waals surface area contributed by atoms with Gasteiger partial charge in [0.15, 0.2) is 0 Å². The van der Waals surface area contributed by atoms with Gasteiger partial charge in [-0.3, -0.25) is 14.4 Å². The maximum Gasteiger partial charge on any atom is 0.322 e. The van der Waals surface area contributed by atoms with Gasteiger partial charge in [-0.15, -0.1) is 0 Å². The molecule has 1 aromatic heterocycles. The number of ether oxygens (including phenoxy) is 1. The van der Waals surface area contributed by atoms with Gasteiger partial charge in [0.25, 0.3) is 0 Å². The summed E-state index contributed by atoms with van der Waals surface area (Å²) in [5, 5.41) is 14.3. The summed E-state index contributed by atoms with van der Waals surface area (Å²) in [5.41, 5.74) is 4.43. The van der Waals surface area contributed by atoms with Crippen LogP contribution in [-0.4, -0.2) is 43.1 Å². The number of hydrogen-bond acceptors (Lipinski definition) is 5. The van der Waals surface area contributed by atoms with E-state index in [1.165, 1.54) is 11.6 Å². The number of rotatable bonds is 7. The van der Waals surface area contributed by atoms with Gasteiger partial charge >= 0.3 is 5.97 Å². The lowest BCUT2D eigenvalue weighted by molar-refractivity contribution is -0.137. The lowest BCUT2D eigenvalue weighted by Crippen LogP contribution is -2.38. The average Bonchev–Trinajstić information content (AvgIpc) is 3.09. The zero-order valence-electron chi connectivity index (χ0n) is 17.4. The van der Waals surface area contributed by atoms with Crippen molar-refractivity contribution in [1.29, 1.82) is 0 Å². The second-order valence-electron chi connectivity index (χ2n) is 7.39. The molecule has 0 bridgehead atoms. The third kappa shape index (κ3) is 4.48. The SMILES string of the molecule is COc1c(/C(C)=C/C(=O)NCC(=O)NCC(=O)O)cc2c3c(oc2c1C)CCCC3. The molecule has 0 spiro atoms. The Labute approximate surface area is 174 Å². The van der Waals surface area contributed by atoms with Crippen molar-refractivity contribution in [3.63, 3.8) is 0 Å². The van der Waals surface area contributed by atoms with Crippen molar-refractivity contribution in [3.8, 4) is 5.75 Å². The summed E-state index contributed by atoms with van der Waals surface area (Å²) in [6.45, 7) is 2.95. The molecule has 1 heterocycles. The second kappa shape index (κ2) is 9.02. The van der Waals surface area contributed by atoms with E-state index < -0.39 is 24.3 Å². The highest BCUT2D eigenvalue weighted by Crippen LogP contribution is 2.40. The van der Waals surface area contributed by atoms with E-state index in [1.54, 1.807) is 14.0 Å². The molecular weight excluding hydrogens is 388 g/mol. The number of nitrogens with one attached hydrogen (secondary N) is 2. The molecule has 8 heteroatoms. The summed E-state index contributed by atoms with van der Waals surface area (Å²) in [5.74, 6) is -0.493. The Bertz CT molecular complexity index is 1030. The van der Waals surface area contributed by atoms with E-state index in [1.807, 2.05) is 13.0 Å². The maximum absolute atomic E-state index is 12.3. The quantitative estimate of drug-likeness (QED) is 0.599. The summed E-state index contributed by atoms with van der Waals surface area (Å²) in [6, 6.07) is 2.01. The van der Waals surface area contributed by atoms with Gasteiger partial charge < -0.3 is 24.9 Å². The van der Waals surface area contributed by atoms with Crippen LogP contribution in [-0.2, 0) is 27.2 Å². The van der Waals surface area contributed by atoms with E-state index in [2.05, 4.69) is 10.6 Å². The van der Waals surface area contributed by atoms with Crippen molar-refractivity contribution in [1.82, 2.24) is 10.6 Å². The van der Waals surface area contributed by atoms with Crippen LogP contribution in [0.15, 0.2) is 16.6 Å². The number of methoxy groups -OCH3 is 1. The third-order valence-corrected chi connectivity index (χ3v) is 5.26. The minimum atomic E-state index is -1.15. The number of furan rings is 1. The summed E-state index contributed by atoms with van der Waals surface area (Å²) in [4.78, 5) is 34.3. The third-order valence-electron chi connectivity index (χ3n) is 5.26. The van der Waals surface area contributed by atoms with E-state index in [9.17, 15) is 14.4 Å². The Morgan fingerprint density at radius 1 is 1.20 bits per heavy atom. The number of carboxylic acids is 1. The van der Waals surface area contributed by atoms with Gasteiger partial charge in [-0.05, 0) is 44.7 Å². The van der Waals surface area contributed by atoms with Crippen molar-refractivity contribution >= 4 is 34.3 Å². The molecule has 0 unspecified atom stereocenters. The first-order valence-corrected chi connectivity index (χ1v) is 9.88. The molecule has 2 aromatic rings. The fraction of sp³-hybridized carbons (Fsp3) is 0.409. The molecule has 8 nitrogen and oxygen atoms in total. The van der Waals surface area contributed by atoms with Crippen LogP contribution < -0.4 is 15.4 Å². The zero-order chi connectivity index (χ0) is 21.8. The van der Waals surface area contributed by atoms with E-state index in [0.29, 0.717) is 11.3 Å². The van der Waals surface area contributed by atoms with Gasteiger partial charge in [-0.2, -0.15) is 0 Å². The fourth-order valence-electron chi connectivity index (χ4n) is 3.82. The van der Waals surface area contributed by atoms with E-state index >= 15 is 0 Å². The number of carbonyl (C=O) groups excluding carboxylic acids is 2. The first kappa shape index (κ1) is 21.4. The highest BCUT2D eigenvalue weighted by molar-refractivity contribution is 5.99. The fourth-order valence-corrected chi connectivity index (χ4v) is 3.82. The molecule has 0 atom stereocenters. The van der Waals surface area contributed by atoms with E-state index in [-0.39, 0.29) is 6.54 Å². The van der Waals surface area contributed by atoms with Gasteiger partial charge in [0.05, 0.1) is 13.7 Å². The molecule has 30 heavy (non-hydrogen) atoms. The minimum Gasteiger partial charge on any atom is -0.496 e. The number of carbonyl (C=O) groups is 3. The first-order valence-electron chi connectivity index (χ1n) is 9.88. The molecule has 0 fully saturated rings. The molecule has 1 aromatic carbocycles. The summed E-state index contributed by atoms with van der Waals surface area (Å²) in [7, 11) is 1.58. The molecule has 3 N–H and O–H groups in total. The number of fused-ring (bicyclic) bond motifs is 3. The highest BCUT2D eigenvalue weighted by Gasteiger charge is 2.23. The Hall–Kier alpha value is -3.29. The number of hydrogen-bond donors (Lipinski definition) is 3. The molecule has 2 amide bonds. The normalized spacial score (nSPS) is 13.6. The summed E-state index contributed by atoms with van der Waals surface area (Å²) >= 11 is 0. The number of carboxylic acid groups (broad SMARTS) is 1. The lowest BCUT2D eigenvalue weighted by atomic mass is 9.93. The predicted molar refractivity (Wildman–Crippen MR) is 111 cm³/mol. The van der Waals surface area contributed by atoms with Crippen LogP contribution in [0.25, 0.3) is 16.5 Å². The standard InChI is InChI=1S/C22H26N2O6/c1-12(8-18(25)23-10-19(26)24-11-20(27)28)15-9-16-14-6-4-5-7-17(14)30-22(16)13(2)21(15)29-3/h8-9H,4-7,10-11H2,1-3H3,(H,23,25)(H,24,26)(H,27,28)/b12-8+. The molecule has 0 saturated carbocycles. The molecule has 1 aliphatic rings. The zero-order valence-corrected chi connectivity index (χ0v) is 17.4. The van der Waals surface area contributed by atoms with Crippen molar-refractivity contribution in [2.75, 3.05) is 20.2 Å². The number of aliphatic carboxylic acids is 1.